The molecule has 0 saturated heterocycles. The van der Waals surface area contributed by atoms with Gasteiger partial charge in [-0.25, -0.2) is 0 Å². The van der Waals surface area contributed by atoms with E-state index in [4.69, 9.17) is 14.6 Å². The van der Waals surface area contributed by atoms with E-state index in [0.29, 0.717) is 0 Å². The first-order valence-electron chi connectivity index (χ1n) is 49.5. The van der Waals surface area contributed by atoms with Crippen molar-refractivity contribution in [1.82, 2.24) is 13.7 Å². The Balaban J connectivity index is 0.000000108. The zero-order chi connectivity index (χ0) is 98.9. The van der Waals surface area contributed by atoms with Crippen molar-refractivity contribution in [2.75, 3.05) is 16.0 Å². The number of nitrogens with two attached hydrogens (primary N) is 1. The van der Waals surface area contributed by atoms with Gasteiger partial charge in [-0.3, -0.25) is 0 Å². The minimum absolute atomic E-state index is 0. The van der Waals surface area contributed by atoms with Crippen LogP contribution in [0.25, 0.3) is 212 Å². The zero-order valence-corrected chi connectivity index (χ0v) is 84.9. The summed E-state index contributed by atoms with van der Waals surface area (Å²) in [5.74, 6) is 0. The van der Waals surface area contributed by atoms with E-state index in [0.717, 1.165) is 70.8 Å². The molecule has 0 bridgehead atoms. The number of nitrogens with zero attached hydrogens (tertiary/aromatic N) is 4. The molecule has 712 valence electrons. The highest BCUT2D eigenvalue weighted by atomic mass is 79.9. The average molecular weight is 2080 g/mol. The molecule has 0 radical (unpaired) electrons. The van der Waals surface area contributed by atoms with Crippen molar-refractivity contribution < 1.29 is 8.83 Å². The summed E-state index contributed by atoms with van der Waals surface area (Å²) in [6.07, 6.45) is 0. The maximum Gasteiger partial charge on any atom is 0.154 e. The fourth-order valence-corrected chi connectivity index (χ4v) is 23.4. The minimum Gasteiger partial charge on any atom is -0.454 e. The van der Waals surface area contributed by atoms with Crippen molar-refractivity contribution in [2.45, 2.75) is 7.43 Å². The predicted octanol–water partition coefficient (Wildman–Crippen LogP) is 40.9. The van der Waals surface area contributed by atoms with Gasteiger partial charge in [0.1, 0.15) is 11.2 Å². The van der Waals surface area contributed by atoms with Gasteiger partial charge in [-0.2, -0.15) is 0 Å². The van der Waals surface area contributed by atoms with Gasteiger partial charge in [0.05, 0.1) is 42.5 Å². The highest BCUT2D eigenvalue weighted by Crippen LogP contribution is 2.48. The van der Waals surface area contributed by atoms with E-state index in [1.54, 1.807) is 22.7 Å². The Bertz CT molecular complexity index is 9860. The second-order valence-corrected chi connectivity index (χ2v) is 40.7. The number of nitrogen functional groups attached to an aromatic ring is 1. The van der Waals surface area contributed by atoms with E-state index < -0.39 is 0 Å². The number of hydrogen-bond donors (Lipinski definition) is 2. The molecule has 0 amide bonds. The third-order valence-corrected chi connectivity index (χ3v) is 31.0. The fourth-order valence-electron chi connectivity index (χ4n) is 20.5. The van der Waals surface area contributed by atoms with Crippen LogP contribution in [0.5, 0.6) is 0 Å². The minimum atomic E-state index is 0. The molecule has 0 fully saturated rings. The van der Waals surface area contributed by atoms with Crippen molar-refractivity contribution in [2.24, 2.45) is 0 Å². The highest BCUT2D eigenvalue weighted by molar-refractivity contribution is 9.10. The van der Waals surface area contributed by atoms with Crippen LogP contribution in [-0.4, -0.2) is 13.7 Å². The van der Waals surface area contributed by atoms with Gasteiger partial charge in [0.25, 0.3) is 0 Å². The molecule has 149 heavy (non-hydrogen) atoms. The number of nitrogens with one attached hydrogen (secondary N) is 1. The van der Waals surface area contributed by atoms with E-state index in [1.807, 2.05) is 54.6 Å². The van der Waals surface area contributed by atoms with Crippen molar-refractivity contribution in [3.8, 4) is 83.8 Å². The first-order chi connectivity index (χ1) is 73.1. The van der Waals surface area contributed by atoms with Gasteiger partial charge in [-0.1, -0.05) is 355 Å². The molecule has 22 aromatic carbocycles. The van der Waals surface area contributed by atoms with Crippen LogP contribution in [0.2, 0.25) is 0 Å². The molecule has 29 aromatic rings. The first-order valence-corrected chi connectivity index (χ1v) is 52.7. The number of aromatic nitrogens is 3. The van der Waals surface area contributed by atoms with Crippen LogP contribution in [-0.2, 0) is 0 Å². The summed E-state index contributed by atoms with van der Waals surface area (Å²) >= 11 is 10.6. The van der Waals surface area contributed by atoms with E-state index in [9.17, 15) is 0 Å². The smallest absolute Gasteiger partial charge is 0.154 e. The van der Waals surface area contributed by atoms with Gasteiger partial charge in [0.2, 0.25) is 0 Å². The van der Waals surface area contributed by atoms with Crippen LogP contribution < -0.4 is 16.0 Å². The number of fused-ring (bicyclic) bond motifs is 19. The summed E-state index contributed by atoms with van der Waals surface area (Å²) in [7, 11) is 0. The second-order valence-electron chi connectivity index (χ2n) is 36.7. The zero-order valence-electron chi connectivity index (χ0n) is 80.1. The molecule has 7 aromatic heterocycles. The lowest BCUT2D eigenvalue weighted by Gasteiger charge is -2.26. The topological polar surface area (TPSA) is 82.4 Å². The predicted molar refractivity (Wildman–Crippen MR) is 644 cm³/mol. The summed E-state index contributed by atoms with van der Waals surface area (Å²) in [6.45, 7) is 0. The highest BCUT2D eigenvalue weighted by Gasteiger charge is 2.23. The van der Waals surface area contributed by atoms with Crippen LogP contribution in [0.3, 0.4) is 0 Å². The number of furan rings is 2. The Labute approximate surface area is 887 Å². The summed E-state index contributed by atoms with van der Waals surface area (Å²) in [6, 6.07) is 191. The molecule has 0 unspecified atom stereocenters. The largest absolute Gasteiger partial charge is 0.454 e. The van der Waals surface area contributed by atoms with Crippen molar-refractivity contribution in [3.05, 3.63) is 549 Å². The van der Waals surface area contributed by atoms with E-state index in [1.165, 1.54) is 184 Å². The maximum absolute atomic E-state index is 6.60. The maximum atomic E-state index is 6.60. The number of halogens is 2. The van der Waals surface area contributed by atoms with Crippen molar-refractivity contribution in [3.63, 3.8) is 0 Å². The molecule has 0 aliphatic rings. The number of hydrogen-bond acceptors (Lipinski definition) is 7. The number of thiophene rings is 2. The average Bonchev–Trinajstić information content (AvgIpc) is 1.51. The Kier molecular flexibility index (Phi) is 25.9. The molecule has 0 saturated carbocycles. The Hall–Kier alpha value is -17.9. The van der Waals surface area contributed by atoms with Crippen LogP contribution in [0.15, 0.2) is 558 Å². The molecule has 12 heteroatoms. The molecule has 0 aliphatic heterocycles. The Morgan fingerprint density at radius 3 is 0.859 bits per heavy atom. The van der Waals surface area contributed by atoms with Crippen LogP contribution >= 0.6 is 54.5 Å². The van der Waals surface area contributed by atoms with Gasteiger partial charge in [-0.15, -0.1) is 22.7 Å². The molecule has 0 aliphatic carbocycles. The molecule has 0 spiro atoms. The van der Waals surface area contributed by atoms with Gasteiger partial charge < -0.3 is 38.5 Å². The number of benzene rings is 22. The number of anilines is 6. The Morgan fingerprint density at radius 1 is 0.215 bits per heavy atom. The molecular weight excluding hydrogens is 1990 g/mol. The molecule has 7 heterocycles. The first kappa shape index (κ1) is 93.5. The van der Waals surface area contributed by atoms with Crippen LogP contribution in [0, 0.1) is 0 Å². The van der Waals surface area contributed by atoms with Crippen LogP contribution in [0.1, 0.15) is 7.43 Å². The lowest BCUT2D eigenvalue weighted by atomic mass is 10.0. The van der Waals surface area contributed by atoms with E-state index >= 15 is 0 Å². The molecule has 0 atom stereocenters. The van der Waals surface area contributed by atoms with E-state index in [2.05, 4.69) is 541 Å². The fraction of sp³-hybridized carbons (Fsp3) is 0.00730. The third-order valence-electron chi connectivity index (χ3n) is 27.6. The van der Waals surface area contributed by atoms with E-state index in [-0.39, 0.29) is 7.43 Å². The van der Waals surface area contributed by atoms with Crippen molar-refractivity contribution >= 4 is 217 Å². The van der Waals surface area contributed by atoms with Gasteiger partial charge in [-0.05, 0) is 285 Å². The number of para-hydroxylation sites is 6. The van der Waals surface area contributed by atoms with Crippen LogP contribution in [0.4, 0.5) is 34.1 Å². The lowest BCUT2D eigenvalue weighted by molar-refractivity contribution is 0.672. The second kappa shape index (κ2) is 41.3. The monoisotopic (exact) mass is 2080 g/mol. The Morgan fingerprint density at radius 2 is 0.483 bits per heavy atom. The summed E-state index contributed by atoms with van der Waals surface area (Å²) in [5.41, 5.74) is 41.0. The molecule has 8 nitrogen and oxygen atoms in total. The quantitative estimate of drug-likeness (QED) is 0.106. The standard InChI is InChI=1S/C50H32N2OS.C36H26N2.C24H16BrN.C14H7BrOS.C12H11N.CH4/c1-3-11-33(12-4-1)34-19-24-38(25-20-34)51(40-28-29-42-47(32-40)53-49-43-16-8-10-18-48(43)54-50(42)49)39-26-21-35(22-27-39)36-23-30-46-44(31-36)41-15-7-9-17-45(41)52(46)37-13-5-2-6-14-37;1-3-9-26(10-4-1)27-15-20-30(21-16-27)37-31-22-17-28(18-23-31)29-19-24-36-34(25-29)33-13-7-8-14-35(33)38(36)32-11-5-2-6-12-32;25-19-13-10-17(11-14-19)18-12-15-24-22(16-18)21-8-4-5-9-23(21)26(24)20-6-2-1-3-7-20;15-8-5-6-9-11(7-8)16-13-10-3-1-2-4-12(10)17-14(9)13;13-12-8-6-11(7-9-12)10-4-2-1-3-5-10;/h1-32H;1-25,37H;1-16H;1-7H;1-9H,13H2;1H4. The third kappa shape index (κ3) is 18.7. The SMILES string of the molecule is Brc1ccc(-c2ccc3c(c2)c2ccccc2n3-c2ccccc2)cc1.Brc1ccc2c(c1)oc1c3ccccc3sc21.C.Nc1ccc(-c2ccccc2)cc1.c1ccc(-c2ccc(N(c3ccc(-c4ccc5c(c4)c4ccccc4n5-c4ccccc4)cc3)c3ccc4c(c3)oc3c5ccccc5sc43)cc2)cc1.c1ccc(-c2ccc(Nc3ccc(-c4ccc5c(c4)c4ccccc4n5-c4ccccc4)cc3)cc2)cc1. The van der Waals surface area contributed by atoms with Gasteiger partial charge >= 0.3 is 0 Å². The summed E-state index contributed by atoms with van der Waals surface area (Å²) in [5, 5.41) is 15.9. The normalized spacial score (nSPS) is 11.3. The van der Waals surface area contributed by atoms with Crippen molar-refractivity contribution in [1.29, 1.82) is 0 Å². The van der Waals surface area contributed by atoms with Gasteiger partial charge in [0, 0.05) is 129 Å². The summed E-state index contributed by atoms with van der Waals surface area (Å²) in [4.78, 5) is 2.32. The lowest BCUT2D eigenvalue weighted by Crippen LogP contribution is -2.09. The molecular formula is C137H96Br2N6O2S2. The molecule has 29 rings (SSSR count). The number of rotatable bonds is 14. The molecule has 3 N–H and O–H groups in total. The van der Waals surface area contributed by atoms with Gasteiger partial charge in [0.15, 0.2) is 11.2 Å². The summed E-state index contributed by atoms with van der Waals surface area (Å²) < 4.78 is 26.7.